The zero-order valence-corrected chi connectivity index (χ0v) is 8.57. The Hall–Kier alpha value is -1.24. The van der Waals surface area contributed by atoms with Gasteiger partial charge in [0.05, 0.1) is 0 Å². The van der Waals surface area contributed by atoms with Gasteiger partial charge in [-0.2, -0.15) is 18.3 Å². The number of nitrogens with one attached hydrogen (secondary N) is 1. The number of carbonyl (C=O) groups excluding carboxylic acids is 1. The summed E-state index contributed by atoms with van der Waals surface area (Å²) in [4.78, 5) is 11.1. The first kappa shape index (κ1) is 11.8. The normalized spacial score (nSPS) is 11.6. The highest BCUT2D eigenvalue weighted by Gasteiger charge is 2.39. The van der Waals surface area contributed by atoms with Crippen LogP contribution in [0.3, 0.4) is 0 Å². The van der Waals surface area contributed by atoms with Gasteiger partial charge in [0.15, 0.2) is 11.4 Å². The number of hydrogen-bond acceptors (Lipinski definition) is 2. The van der Waals surface area contributed by atoms with Gasteiger partial charge in [-0.25, -0.2) is 0 Å². The number of rotatable bonds is 1. The molecule has 0 bridgehead atoms. The van der Waals surface area contributed by atoms with E-state index in [4.69, 9.17) is 11.6 Å². The van der Waals surface area contributed by atoms with Gasteiger partial charge in [-0.15, -0.1) is 0 Å². The summed E-state index contributed by atoms with van der Waals surface area (Å²) in [6.07, 6.45) is -4.63. The summed E-state index contributed by atoms with van der Waals surface area (Å²) in [5.74, 6) is -0.758. The van der Waals surface area contributed by atoms with E-state index >= 15 is 0 Å². The number of nitrogens with zero attached hydrogens (tertiary/aromatic N) is 2. The summed E-state index contributed by atoms with van der Waals surface area (Å²) in [7, 11) is 2.35. The lowest BCUT2D eigenvalue weighted by atomic mass is 10.3. The summed E-state index contributed by atoms with van der Waals surface area (Å²) in [6.45, 7) is 0. The Labute approximate surface area is 88.0 Å². The molecule has 4 nitrogen and oxygen atoms in total. The maximum atomic E-state index is 12.4. The zero-order valence-electron chi connectivity index (χ0n) is 7.81. The van der Waals surface area contributed by atoms with Crippen molar-refractivity contribution in [3.8, 4) is 0 Å². The van der Waals surface area contributed by atoms with Crippen LogP contribution in [0.2, 0.25) is 5.02 Å². The third kappa shape index (κ3) is 2.06. The van der Waals surface area contributed by atoms with Crippen LogP contribution < -0.4 is 5.32 Å². The maximum Gasteiger partial charge on any atom is 0.434 e. The van der Waals surface area contributed by atoms with Crippen molar-refractivity contribution in [3.05, 3.63) is 16.4 Å². The van der Waals surface area contributed by atoms with Gasteiger partial charge >= 0.3 is 6.18 Å². The second-order valence-corrected chi connectivity index (χ2v) is 3.09. The smallest absolute Gasteiger partial charge is 0.354 e. The molecule has 1 aromatic rings. The number of aromatic nitrogens is 2. The van der Waals surface area contributed by atoms with E-state index < -0.39 is 28.5 Å². The molecule has 1 heterocycles. The minimum absolute atomic E-state index is 0.436. The van der Waals surface area contributed by atoms with Crippen molar-refractivity contribution in [2.75, 3.05) is 7.05 Å². The number of halogens is 4. The number of amides is 1. The van der Waals surface area contributed by atoms with Gasteiger partial charge in [0.2, 0.25) is 0 Å². The zero-order chi connectivity index (χ0) is 11.8. The van der Waals surface area contributed by atoms with Crippen LogP contribution in [0.25, 0.3) is 0 Å². The molecule has 1 rings (SSSR count). The van der Waals surface area contributed by atoms with E-state index in [0.29, 0.717) is 4.68 Å². The Bertz CT molecular complexity index is 399. The Morgan fingerprint density at radius 3 is 2.40 bits per heavy atom. The molecule has 0 aliphatic rings. The van der Waals surface area contributed by atoms with Crippen LogP contribution in [-0.2, 0) is 13.2 Å². The predicted octanol–water partition coefficient (Wildman–Crippen LogP) is 1.45. The van der Waals surface area contributed by atoms with Crippen LogP contribution in [0.4, 0.5) is 13.2 Å². The average molecular weight is 242 g/mol. The summed E-state index contributed by atoms with van der Waals surface area (Å²) in [5, 5.41) is 4.86. The number of aryl methyl sites for hydroxylation is 1. The lowest BCUT2D eigenvalue weighted by Gasteiger charge is -2.06. The number of hydrogen-bond donors (Lipinski definition) is 1. The highest BCUT2D eigenvalue weighted by atomic mass is 35.5. The predicted molar refractivity (Wildman–Crippen MR) is 46.6 cm³/mol. The first-order valence-corrected chi connectivity index (χ1v) is 4.18. The molecule has 8 heteroatoms. The van der Waals surface area contributed by atoms with Gasteiger partial charge in [-0.3, -0.25) is 9.48 Å². The quantitative estimate of drug-likeness (QED) is 0.809. The molecule has 0 saturated carbocycles. The molecule has 0 aromatic carbocycles. The number of alkyl halides is 3. The summed E-state index contributed by atoms with van der Waals surface area (Å²) in [6, 6.07) is 0. The fraction of sp³-hybridized carbons (Fsp3) is 0.429. The molecule has 1 amide bonds. The van der Waals surface area contributed by atoms with Crippen LogP contribution in [0.1, 0.15) is 16.2 Å². The molecule has 0 saturated heterocycles. The largest absolute Gasteiger partial charge is 0.434 e. The van der Waals surface area contributed by atoms with Crippen LogP contribution in [0.5, 0.6) is 0 Å². The Morgan fingerprint density at radius 2 is 2.07 bits per heavy atom. The van der Waals surface area contributed by atoms with Crippen molar-refractivity contribution >= 4 is 17.5 Å². The lowest BCUT2D eigenvalue weighted by molar-refractivity contribution is -0.143. The molecule has 1 N–H and O–H groups in total. The first-order valence-electron chi connectivity index (χ1n) is 3.80. The molecule has 84 valence electrons. The minimum atomic E-state index is -4.63. The fourth-order valence-electron chi connectivity index (χ4n) is 1.07. The van der Waals surface area contributed by atoms with E-state index in [0.717, 1.165) is 7.05 Å². The van der Waals surface area contributed by atoms with Gasteiger partial charge in [-0.05, 0) is 0 Å². The minimum Gasteiger partial charge on any atom is -0.354 e. The summed E-state index contributed by atoms with van der Waals surface area (Å²) in [5.41, 5.74) is -1.57. The van der Waals surface area contributed by atoms with E-state index in [1.54, 1.807) is 0 Å². The molecule has 0 atom stereocenters. The van der Waals surface area contributed by atoms with Crippen LogP contribution in [-0.4, -0.2) is 22.7 Å². The van der Waals surface area contributed by atoms with E-state index in [1.165, 1.54) is 7.05 Å². The van der Waals surface area contributed by atoms with E-state index in [9.17, 15) is 18.0 Å². The van der Waals surface area contributed by atoms with Gasteiger partial charge in [0.25, 0.3) is 5.91 Å². The van der Waals surface area contributed by atoms with Crippen LogP contribution >= 0.6 is 11.6 Å². The third-order valence-corrected chi connectivity index (χ3v) is 2.06. The van der Waals surface area contributed by atoms with Gasteiger partial charge in [0, 0.05) is 14.1 Å². The first-order chi connectivity index (χ1) is 6.79. The van der Waals surface area contributed by atoms with Crippen LogP contribution in [0.15, 0.2) is 0 Å². The van der Waals surface area contributed by atoms with E-state index in [2.05, 4.69) is 10.4 Å². The second-order valence-electron chi connectivity index (χ2n) is 2.71. The second kappa shape index (κ2) is 3.73. The highest BCUT2D eigenvalue weighted by Crippen LogP contribution is 2.35. The van der Waals surface area contributed by atoms with Gasteiger partial charge < -0.3 is 5.32 Å². The molecule has 0 radical (unpaired) electrons. The summed E-state index contributed by atoms with van der Waals surface area (Å²) >= 11 is 5.42. The Kier molecular flexibility index (Phi) is 2.94. The SMILES string of the molecule is CNC(=O)c1nn(C)c(C(F)(F)F)c1Cl. The van der Waals surface area contributed by atoms with Gasteiger partial charge in [-0.1, -0.05) is 11.6 Å². The lowest BCUT2D eigenvalue weighted by Crippen LogP contribution is -2.18. The molecule has 0 fully saturated rings. The maximum absolute atomic E-state index is 12.4. The highest BCUT2D eigenvalue weighted by molar-refractivity contribution is 6.34. The number of carbonyl (C=O) groups is 1. The molecular formula is C7H7ClF3N3O. The molecule has 1 aromatic heterocycles. The Balaban J connectivity index is 3.33. The molecule has 0 aliphatic heterocycles. The van der Waals surface area contributed by atoms with Crippen LogP contribution in [0, 0.1) is 0 Å². The third-order valence-electron chi connectivity index (χ3n) is 1.70. The summed E-state index contributed by atoms with van der Waals surface area (Å²) < 4.78 is 37.8. The molecule has 0 aliphatic carbocycles. The molecule has 0 unspecified atom stereocenters. The van der Waals surface area contributed by atoms with Crippen molar-refractivity contribution in [3.63, 3.8) is 0 Å². The topological polar surface area (TPSA) is 46.9 Å². The average Bonchev–Trinajstić information content (AvgIpc) is 2.39. The van der Waals surface area contributed by atoms with Crippen molar-refractivity contribution in [1.29, 1.82) is 0 Å². The van der Waals surface area contributed by atoms with Crippen molar-refractivity contribution < 1.29 is 18.0 Å². The monoisotopic (exact) mass is 241 g/mol. The fourth-order valence-corrected chi connectivity index (χ4v) is 1.42. The van der Waals surface area contributed by atoms with Crippen molar-refractivity contribution in [2.45, 2.75) is 6.18 Å². The van der Waals surface area contributed by atoms with E-state index in [-0.39, 0.29) is 0 Å². The van der Waals surface area contributed by atoms with E-state index in [1.807, 2.05) is 0 Å². The molecule has 15 heavy (non-hydrogen) atoms. The van der Waals surface area contributed by atoms with Crippen molar-refractivity contribution in [1.82, 2.24) is 15.1 Å². The molecular weight excluding hydrogens is 235 g/mol. The Morgan fingerprint density at radius 1 is 1.53 bits per heavy atom. The van der Waals surface area contributed by atoms with Gasteiger partial charge in [0.1, 0.15) is 5.02 Å². The van der Waals surface area contributed by atoms with Crippen molar-refractivity contribution in [2.24, 2.45) is 7.05 Å². The molecule has 0 spiro atoms. The standard InChI is InChI=1S/C7H7ClF3N3O/c1-12-6(15)4-3(8)5(7(9,10)11)14(2)13-4/h1-2H3,(H,12,15).